The van der Waals surface area contributed by atoms with E-state index in [1.54, 1.807) is 12.3 Å². The van der Waals surface area contributed by atoms with E-state index < -0.39 is 0 Å². The van der Waals surface area contributed by atoms with Gasteiger partial charge in [-0.2, -0.15) is 0 Å². The number of piperazine rings is 2. The van der Waals surface area contributed by atoms with Crippen LogP contribution < -0.4 is 9.80 Å². The van der Waals surface area contributed by atoms with Crippen molar-refractivity contribution in [1.82, 2.24) is 24.8 Å². The minimum Gasteiger partial charge on any atom is -0.354 e. The summed E-state index contributed by atoms with van der Waals surface area (Å²) in [6, 6.07) is 7.53. The molecule has 2 fully saturated rings. The number of rotatable bonds is 3. The fourth-order valence-electron chi connectivity index (χ4n) is 3.69. The molecule has 0 saturated carbocycles. The van der Waals surface area contributed by atoms with Crippen LogP contribution in [0.3, 0.4) is 0 Å². The van der Waals surface area contributed by atoms with Crippen molar-refractivity contribution in [3.8, 4) is 0 Å². The standard InChI is InChI=1S/C20H27N7O/c1-16-22-18(25-9-7-24(2)8-10-25)15-19(23-16)26-11-13-27(14-12-26)20(28)17-5-3-4-6-21-17/h3-6,15H,7-14H2,1-2H3. The molecule has 0 atom stereocenters. The van der Waals surface area contributed by atoms with Crippen molar-refractivity contribution in [3.63, 3.8) is 0 Å². The van der Waals surface area contributed by atoms with Gasteiger partial charge in [0, 0.05) is 64.6 Å². The number of hydrogen-bond donors (Lipinski definition) is 0. The molecule has 4 rings (SSSR count). The van der Waals surface area contributed by atoms with E-state index >= 15 is 0 Å². The number of aryl methyl sites for hydroxylation is 1. The molecule has 2 aromatic heterocycles. The third kappa shape index (κ3) is 4.06. The number of aromatic nitrogens is 3. The average molecular weight is 381 g/mol. The van der Waals surface area contributed by atoms with Gasteiger partial charge in [-0.15, -0.1) is 0 Å². The average Bonchev–Trinajstić information content (AvgIpc) is 2.74. The van der Waals surface area contributed by atoms with Crippen LogP contribution in [-0.4, -0.2) is 90.1 Å². The topological polar surface area (TPSA) is 68.7 Å². The van der Waals surface area contributed by atoms with Gasteiger partial charge in [-0.1, -0.05) is 6.07 Å². The summed E-state index contributed by atoms with van der Waals surface area (Å²) in [5.74, 6) is 2.74. The van der Waals surface area contributed by atoms with E-state index in [2.05, 4.69) is 42.8 Å². The van der Waals surface area contributed by atoms with E-state index in [9.17, 15) is 4.79 Å². The lowest BCUT2D eigenvalue weighted by Gasteiger charge is -2.36. The van der Waals surface area contributed by atoms with Crippen LogP contribution >= 0.6 is 0 Å². The molecule has 8 heteroatoms. The highest BCUT2D eigenvalue weighted by Crippen LogP contribution is 2.21. The molecule has 4 heterocycles. The number of anilines is 2. The predicted molar refractivity (Wildman–Crippen MR) is 109 cm³/mol. The molecule has 0 bridgehead atoms. The Morgan fingerprint density at radius 2 is 1.50 bits per heavy atom. The first-order valence-corrected chi connectivity index (χ1v) is 9.84. The Morgan fingerprint density at radius 3 is 2.07 bits per heavy atom. The molecular formula is C20H27N7O. The highest BCUT2D eigenvalue weighted by Gasteiger charge is 2.25. The highest BCUT2D eigenvalue weighted by molar-refractivity contribution is 5.92. The Hall–Kier alpha value is -2.74. The minimum absolute atomic E-state index is 0.00255. The van der Waals surface area contributed by atoms with Gasteiger partial charge in [0.25, 0.3) is 5.91 Å². The Labute approximate surface area is 165 Å². The zero-order valence-corrected chi connectivity index (χ0v) is 16.6. The number of likely N-dealkylation sites (N-methyl/N-ethyl adjacent to an activating group) is 1. The molecule has 2 aliphatic heterocycles. The predicted octanol–water partition coefficient (Wildman–Crippen LogP) is 0.894. The monoisotopic (exact) mass is 381 g/mol. The lowest BCUT2D eigenvalue weighted by atomic mass is 10.2. The zero-order valence-electron chi connectivity index (χ0n) is 16.6. The first-order valence-electron chi connectivity index (χ1n) is 9.84. The SMILES string of the molecule is Cc1nc(N2CCN(C)CC2)cc(N2CCN(C(=O)c3ccccn3)CC2)n1. The second kappa shape index (κ2) is 8.10. The third-order valence-electron chi connectivity index (χ3n) is 5.41. The molecule has 0 aliphatic carbocycles. The Morgan fingerprint density at radius 1 is 0.893 bits per heavy atom. The van der Waals surface area contributed by atoms with Gasteiger partial charge in [0.1, 0.15) is 23.2 Å². The molecule has 148 valence electrons. The summed E-state index contributed by atoms with van der Waals surface area (Å²) in [7, 11) is 2.15. The first-order chi connectivity index (χ1) is 13.6. The van der Waals surface area contributed by atoms with E-state index in [0.717, 1.165) is 56.7 Å². The number of pyridine rings is 1. The van der Waals surface area contributed by atoms with Crippen LogP contribution in [0.25, 0.3) is 0 Å². The molecule has 0 unspecified atom stereocenters. The number of carbonyl (C=O) groups is 1. The Kier molecular flexibility index (Phi) is 5.38. The quantitative estimate of drug-likeness (QED) is 0.782. The summed E-state index contributed by atoms with van der Waals surface area (Å²) in [6.07, 6.45) is 1.66. The Balaban J connectivity index is 1.42. The van der Waals surface area contributed by atoms with Gasteiger partial charge >= 0.3 is 0 Å². The molecular weight excluding hydrogens is 354 g/mol. The van der Waals surface area contributed by atoms with Crippen molar-refractivity contribution < 1.29 is 4.79 Å². The Bertz CT molecular complexity index is 813. The molecule has 0 radical (unpaired) electrons. The number of nitrogens with zero attached hydrogens (tertiary/aromatic N) is 7. The molecule has 0 aromatic carbocycles. The fraction of sp³-hybridized carbons (Fsp3) is 0.500. The van der Waals surface area contributed by atoms with Crippen LogP contribution in [0.4, 0.5) is 11.6 Å². The summed E-state index contributed by atoms with van der Waals surface area (Å²) < 4.78 is 0. The smallest absolute Gasteiger partial charge is 0.272 e. The summed E-state index contributed by atoms with van der Waals surface area (Å²) in [4.78, 5) is 34.9. The summed E-state index contributed by atoms with van der Waals surface area (Å²) >= 11 is 0. The number of hydrogen-bond acceptors (Lipinski definition) is 7. The van der Waals surface area contributed by atoms with E-state index in [0.29, 0.717) is 18.8 Å². The summed E-state index contributed by atoms with van der Waals surface area (Å²) in [5, 5.41) is 0. The van der Waals surface area contributed by atoms with Crippen LogP contribution in [0.5, 0.6) is 0 Å². The maximum absolute atomic E-state index is 12.6. The van der Waals surface area contributed by atoms with Crippen molar-refractivity contribution >= 4 is 17.5 Å². The molecule has 8 nitrogen and oxygen atoms in total. The van der Waals surface area contributed by atoms with Crippen molar-refractivity contribution in [2.75, 3.05) is 69.2 Å². The molecule has 28 heavy (non-hydrogen) atoms. The van der Waals surface area contributed by atoms with Gasteiger partial charge in [-0.05, 0) is 26.1 Å². The third-order valence-corrected chi connectivity index (χ3v) is 5.41. The van der Waals surface area contributed by atoms with Crippen LogP contribution in [-0.2, 0) is 0 Å². The molecule has 0 N–H and O–H groups in total. The van der Waals surface area contributed by atoms with Crippen LogP contribution in [0.15, 0.2) is 30.5 Å². The molecule has 1 amide bonds. The molecule has 2 aromatic rings. The van der Waals surface area contributed by atoms with Gasteiger partial charge in [0.2, 0.25) is 0 Å². The normalized spacial score (nSPS) is 18.4. The lowest BCUT2D eigenvalue weighted by molar-refractivity contribution is 0.0740. The second-order valence-corrected chi connectivity index (χ2v) is 7.42. The number of amides is 1. The van der Waals surface area contributed by atoms with E-state index in [1.165, 1.54) is 0 Å². The van der Waals surface area contributed by atoms with Crippen molar-refractivity contribution in [2.24, 2.45) is 0 Å². The van der Waals surface area contributed by atoms with Crippen molar-refractivity contribution in [1.29, 1.82) is 0 Å². The molecule has 2 aliphatic rings. The minimum atomic E-state index is -0.00255. The van der Waals surface area contributed by atoms with Crippen molar-refractivity contribution in [2.45, 2.75) is 6.92 Å². The van der Waals surface area contributed by atoms with E-state index in [1.807, 2.05) is 24.0 Å². The second-order valence-electron chi connectivity index (χ2n) is 7.42. The largest absolute Gasteiger partial charge is 0.354 e. The summed E-state index contributed by atoms with van der Waals surface area (Å²) in [6.45, 7) is 8.87. The van der Waals surface area contributed by atoms with Crippen LogP contribution in [0.2, 0.25) is 0 Å². The fourth-order valence-corrected chi connectivity index (χ4v) is 3.69. The van der Waals surface area contributed by atoms with E-state index in [4.69, 9.17) is 0 Å². The van der Waals surface area contributed by atoms with Gasteiger partial charge in [-0.25, -0.2) is 9.97 Å². The number of carbonyl (C=O) groups excluding carboxylic acids is 1. The highest BCUT2D eigenvalue weighted by atomic mass is 16.2. The van der Waals surface area contributed by atoms with Gasteiger partial charge in [0.15, 0.2) is 0 Å². The van der Waals surface area contributed by atoms with Crippen LogP contribution in [0.1, 0.15) is 16.3 Å². The van der Waals surface area contributed by atoms with Gasteiger partial charge in [0.05, 0.1) is 0 Å². The molecule has 2 saturated heterocycles. The van der Waals surface area contributed by atoms with E-state index in [-0.39, 0.29) is 5.91 Å². The zero-order chi connectivity index (χ0) is 19.5. The summed E-state index contributed by atoms with van der Waals surface area (Å²) in [5.41, 5.74) is 0.506. The lowest BCUT2D eigenvalue weighted by Crippen LogP contribution is -2.49. The maximum Gasteiger partial charge on any atom is 0.272 e. The van der Waals surface area contributed by atoms with Gasteiger partial charge in [-0.3, -0.25) is 9.78 Å². The first kappa shape index (κ1) is 18.6. The van der Waals surface area contributed by atoms with Gasteiger partial charge < -0.3 is 19.6 Å². The molecule has 0 spiro atoms. The maximum atomic E-state index is 12.6. The van der Waals surface area contributed by atoms with Crippen LogP contribution in [0, 0.1) is 6.92 Å². The van der Waals surface area contributed by atoms with Crippen molar-refractivity contribution in [3.05, 3.63) is 42.0 Å².